The average Bonchev–Trinajstić information content (AvgIpc) is 3.98. The maximum Gasteiger partial charge on any atom is 0.217 e. The van der Waals surface area contributed by atoms with Gasteiger partial charge >= 0.3 is 0 Å². The molecule has 2 saturated carbocycles. The SMILES string of the molecule is CN1C(=CC=CC2=[N+](Cc3ccc(C[N+]4=C(C=CC=C5N(C)c6ccccc6C56CCCCC6)C(C)(C)c5ccc6ccccc6c54)cc3)c3c(ccc4ccccc34)C2(C)C)C2(CCCCC2)c2ccccc21. The van der Waals surface area contributed by atoms with Crippen molar-refractivity contribution in [2.24, 2.45) is 0 Å². The molecule has 0 N–H and O–H groups in total. The highest BCUT2D eigenvalue weighted by Crippen LogP contribution is 2.56. The van der Waals surface area contributed by atoms with Crippen LogP contribution in [0.1, 0.15) is 125 Å². The van der Waals surface area contributed by atoms with Crippen LogP contribution in [0.5, 0.6) is 0 Å². The summed E-state index contributed by atoms with van der Waals surface area (Å²) in [6.45, 7) is 11.3. The van der Waals surface area contributed by atoms with Crippen LogP contribution >= 0.6 is 0 Å². The first-order chi connectivity index (χ1) is 36.0. The second kappa shape index (κ2) is 17.8. The summed E-state index contributed by atoms with van der Waals surface area (Å²) in [6.07, 6.45) is 27.2. The van der Waals surface area contributed by atoms with Crippen LogP contribution in [0.2, 0.25) is 0 Å². The van der Waals surface area contributed by atoms with Crippen LogP contribution in [0.3, 0.4) is 0 Å². The van der Waals surface area contributed by atoms with E-state index in [1.165, 1.54) is 165 Å². The third-order valence-electron chi connectivity index (χ3n) is 19.0. The number of hydrogen-bond donors (Lipinski definition) is 0. The molecule has 4 heteroatoms. The summed E-state index contributed by atoms with van der Waals surface area (Å²) in [6, 6.07) is 55.3. The minimum absolute atomic E-state index is 0.0917. The quantitative estimate of drug-likeness (QED) is 0.141. The average molecular weight is 969 g/mol. The van der Waals surface area contributed by atoms with Gasteiger partial charge in [-0.25, -0.2) is 0 Å². The molecule has 0 bridgehead atoms. The summed E-state index contributed by atoms with van der Waals surface area (Å²) in [4.78, 5) is 4.96. The van der Waals surface area contributed by atoms with E-state index in [2.05, 4.69) is 243 Å². The maximum atomic E-state index is 2.64. The van der Waals surface area contributed by atoms with Crippen LogP contribution in [0.4, 0.5) is 22.7 Å². The Kier molecular flexibility index (Phi) is 11.3. The second-order valence-electron chi connectivity index (χ2n) is 23.6. The Morgan fingerprint density at radius 2 is 0.797 bits per heavy atom. The molecule has 4 aliphatic heterocycles. The number of anilines is 2. The van der Waals surface area contributed by atoms with E-state index in [1.807, 2.05) is 0 Å². The van der Waals surface area contributed by atoms with E-state index in [1.54, 1.807) is 0 Å². The minimum atomic E-state index is -0.191. The second-order valence-corrected chi connectivity index (χ2v) is 23.6. The van der Waals surface area contributed by atoms with E-state index in [0.29, 0.717) is 0 Å². The fraction of sp³-hybridized carbons (Fsp3) is 0.314. The fourth-order valence-electron chi connectivity index (χ4n) is 15.2. The lowest BCUT2D eigenvalue weighted by atomic mass is 9.68. The smallest absolute Gasteiger partial charge is 0.217 e. The lowest BCUT2D eigenvalue weighted by molar-refractivity contribution is -0.454. The van der Waals surface area contributed by atoms with Crippen LogP contribution < -0.4 is 9.80 Å². The van der Waals surface area contributed by atoms with Gasteiger partial charge < -0.3 is 9.80 Å². The van der Waals surface area contributed by atoms with Gasteiger partial charge in [0.1, 0.15) is 0 Å². The van der Waals surface area contributed by atoms with Crippen molar-refractivity contribution >= 4 is 55.7 Å². The number of hydrogen-bond acceptors (Lipinski definition) is 2. The molecule has 0 amide bonds. The molecule has 370 valence electrons. The summed E-state index contributed by atoms with van der Waals surface area (Å²) >= 11 is 0. The van der Waals surface area contributed by atoms with Crippen molar-refractivity contribution in [3.63, 3.8) is 0 Å². The van der Waals surface area contributed by atoms with Gasteiger partial charge in [-0.1, -0.05) is 172 Å². The van der Waals surface area contributed by atoms with Gasteiger partial charge in [-0.2, -0.15) is 9.15 Å². The van der Waals surface area contributed by atoms with Crippen molar-refractivity contribution in [3.05, 3.63) is 227 Å². The van der Waals surface area contributed by atoms with Crippen LogP contribution in [-0.2, 0) is 34.7 Å². The zero-order valence-electron chi connectivity index (χ0n) is 44.6. The van der Waals surface area contributed by atoms with Gasteiger partial charge in [0, 0.05) is 82.1 Å². The zero-order valence-corrected chi connectivity index (χ0v) is 44.6. The highest BCUT2D eigenvalue weighted by molar-refractivity contribution is 6.08. The number of nitrogens with zero attached hydrogens (tertiary/aromatic N) is 4. The normalized spacial score (nSPS) is 21.2. The van der Waals surface area contributed by atoms with Crippen LogP contribution in [0.25, 0.3) is 21.5 Å². The molecule has 4 heterocycles. The molecule has 0 aromatic heterocycles. The van der Waals surface area contributed by atoms with Crippen molar-refractivity contribution in [1.29, 1.82) is 0 Å². The molecule has 2 fully saturated rings. The molecular weight excluding hydrogens is 897 g/mol. The standard InChI is InChI=1S/C70H72N4/c1-67(2)57-41-39-51-23-9-11-25-53(51)65(57)73(61(67)31-21-33-63-69(43-17-7-18-44-69)55-27-13-15-29-59(55)71(63)5)47-49-35-37-50(38-36-49)48-74-62(68(3,4)58-42-40-52-24-10-12-26-54(52)66(58)74)32-22-34-64-70(45-19-8-20-46-70)56-28-14-16-30-60(56)72(64)6/h9-16,21-42H,7-8,17-20,43-48H2,1-6H3/q+2. The Bertz CT molecular complexity index is 3360. The molecule has 0 saturated heterocycles. The molecule has 2 aliphatic carbocycles. The Morgan fingerprint density at radius 1 is 0.419 bits per heavy atom. The first kappa shape index (κ1) is 46.7. The molecular formula is C70H72N4+2. The summed E-state index contributed by atoms with van der Waals surface area (Å²) in [7, 11) is 4.57. The number of rotatable bonds is 8. The van der Waals surface area contributed by atoms with Crippen molar-refractivity contribution < 1.29 is 9.15 Å². The number of benzene rings is 7. The highest BCUT2D eigenvalue weighted by atomic mass is 15.2. The van der Waals surface area contributed by atoms with Crippen molar-refractivity contribution in [1.82, 2.24) is 0 Å². The Balaban J connectivity index is 0.873. The van der Waals surface area contributed by atoms with E-state index in [0.717, 1.165) is 13.1 Å². The van der Waals surface area contributed by atoms with E-state index in [4.69, 9.17) is 0 Å². The maximum absolute atomic E-state index is 2.64. The molecule has 7 aromatic rings. The van der Waals surface area contributed by atoms with Crippen molar-refractivity contribution in [3.8, 4) is 0 Å². The van der Waals surface area contributed by atoms with Gasteiger partial charge in [0.15, 0.2) is 24.5 Å². The molecule has 0 atom stereocenters. The molecule has 6 aliphatic rings. The lowest BCUT2D eigenvalue weighted by Crippen LogP contribution is -2.32. The number of allylic oxidation sites excluding steroid dienone is 8. The van der Waals surface area contributed by atoms with E-state index < -0.39 is 0 Å². The third-order valence-corrected chi connectivity index (χ3v) is 19.0. The molecule has 0 radical (unpaired) electrons. The number of para-hydroxylation sites is 2. The van der Waals surface area contributed by atoms with Crippen LogP contribution in [0, 0.1) is 0 Å². The Labute approximate surface area is 440 Å². The Morgan fingerprint density at radius 3 is 1.22 bits per heavy atom. The minimum Gasteiger partial charge on any atom is -0.347 e. The summed E-state index contributed by atoms with van der Waals surface area (Å²) < 4.78 is 5.28. The predicted molar refractivity (Wildman–Crippen MR) is 311 cm³/mol. The molecule has 74 heavy (non-hydrogen) atoms. The van der Waals surface area contributed by atoms with Gasteiger partial charge in [-0.3, -0.25) is 0 Å². The van der Waals surface area contributed by atoms with Gasteiger partial charge in [-0.15, -0.1) is 0 Å². The third kappa shape index (κ3) is 7.14. The van der Waals surface area contributed by atoms with Crippen LogP contribution in [0.15, 0.2) is 193 Å². The lowest BCUT2D eigenvalue weighted by Gasteiger charge is -2.36. The van der Waals surface area contributed by atoms with Gasteiger partial charge in [-0.05, 0) is 112 Å². The fourth-order valence-corrected chi connectivity index (χ4v) is 15.2. The summed E-state index contributed by atoms with van der Waals surface area (Å²) in [5.74, 6) is 0. The predicted octanol–water partition coefficient (Wildman–Crippen LogP) is 16.7. The van der Waals surface area contributed by atoms with E-state index in [9.17, 15) is 0 Å². The monoisotopic (exact) mass is 969 g/mol. The molecule has 2 spiro atoms. The Hall–Kier alpha value is -7.04. The van der Waals surface area contributed by atoms with Gasteiger partial charge in [0.25, 0.3) is 0 Å². The summed E-state index contributed by atoms with van der Waals surface area (Å²) in [5, 5.41) is 5.20. The van der Waals surface area contributed by atoms with Gasteiger partial charge in [0.05, 0.1) is 21.6 Å². The van der Waals surface area contributed by atoms with Crippen molar-refractivity contribution in [2.45, 2.75) is 127 Å². The number of fused-ring (bicyclic) bond motifs is 10. The molecule has 13 rings (SSSR count). The highest BCUT2D eigenvalue weighted by Gasteiger charge is 2.50. The van der Waals surface area contributed by atoms with E-state index in [-0.39, 0.29) is 21.7 Å². The zero-order chi connectivity index (χ0) is 50.4. The molecule has 4 nitrogen and oxygen atoms in total. The van der Waals surface area contributed by atoms with Crippen molar-refractivity contribution in [2.75, 3.05) is 23.9 Å². The largest absolute Gasteiger partial charge is 0.347 e. The number of likely N-dealkylation sites (N-methyl/N-ethyl adjacent to an activating group) is 2. The first-order valence-corrected chi connectivity index (χ1v) is 27.9. The van der Waals surface area contributed by atoms with E-state index >= 15 is 0 Å². The molecule has 0 unspecified atom stereocenters. The summed E-state index contributed by atoms with van der Waals surface area (Å²) in [5.41, 5.74) is 19.2. The van der Waals surface area contributed by atoms with Crippen LogP contribution in [-0.4, -0.2) is 34.7 Å². The topological polar surface area (TPSA) is 12.5 Å². The van der Waals surface area contributed by atoms with Gasteiger partial charge in [0.2, 0.25) is 11.4 Å². The molecule has 7 aromatic carbocycles. The first-order valence-electron chi connectivity index (χ1n) is 27.9.